The number of rotatable bonds is 6. The minimum absolute atomic E-state index is 0.743. The highest BCUT2D eigenvalue weighted by atomic mass is 35.5. The van der Waals surface area contributed by atoms with Crippen molar-refractivity contribution >= 4 is 24.2 Å². The quantitative estimate of drug-likeness (QED) is 0.578. The molecule has 1 nitrogen and oxygen atoms in total. The first-order chi connectivity index (χ1) is 6.83. The molecule has 1 aromatic rings. The van der Waals surface area contributed by atoms with Crippen LogP contribution in [0, 0.1) is 0 Å². The molecule has 78 valence electrons. The van der Waals surface area contributed by atoms with Gasteiger partial charge in [0, 0.05) is 5.02 Å². The van der Waals surface area contributed by atoms with Crippen LogP contribution in [-0.4, -0.2) is 12.4 Å². The van der Waals surface area contributed by atoms with Gasteiger partial charge in [-0.3, -0.25) is 0 Å². The van der Waals surface area contributed by atoms with Gasteiger partial charge in [-0.05, 0) is 49.3 Å². The van der Waals surface area contributed by atoms with Gasteiger partial charge in [0.05, 0.1) is 6.61 Å². The molecule has 1 rings (SSSR count). The molecule has 0 atom stereocenters. The van der Waals surface area contributed by atoms with Crippen molar-refractivity contribution in [3.63, 3.8) is 0 Å². The van der Waals surface area contributed by atoms with E-state index >= 15 is 0 Å². The Balaban J connectivity index is 2.15. The van der Waals surface area contributed by atoms with Crippen LogP contribution in [0.1, 0.15) is 19.3 Å². The summed E-state index contributed by atoms with van der Waals surface area (Å²) in [6, 6.07) is 7.46. The molecular formula is C11H15ClOS. The molecule has 3 heteroatoms. The second-order valence-corrected chi connectivity index (χ2v) is 3.97. The topological polar surface area (TPSA) is 9.23 Å². The van der Waals surface area contributed by atoms with E-state index in [4.69, 9.17) is 16.3 Å². The highest BCUT2D eigenvalue weighted by Gasteiger charge is 1.93. The van der Waals surface area contributed by atoms with E-state index in [1.807, 2.05) is 24.3 Å². The Labute approximate surface area is 95.8 Å². The Morgan fingerprint density at radius 1 is 1.07 bits per heavy atom. The van der Waals surface area contributed by atoms with Crippen LogP contribution >= 0.6 is 24.2 Å². The van der Waals surface area contributed by atoms with Crippen molar-refractivity contribution in [1.82, 2.24) is 0 Å². The average molecular weight is 231 g/mol. The van der Waals surface area contributed by atoms with Crippen molar-refractivity contribution in [3.05, 3.63) is 29.3 Å². The van der Waals surface area contributed by atoms with E-state index in [9.17, 15) is 0 Å². The second kappa shape index (κ2) is 7.02. The highest BCUT2D eigenvalue weighted by molar-refractivity contribution is 7.80. The van der Waals surface area contributed by atoms with Crippen molar-refractivity contribution in [2.45, 2.75) is 19.3 Å². The molecule has 1 aromatic carbocycles. The third-order valence-corrected chi connectivity index (χ3v) is 2.45. The lowest BCUT2D eigenvalue weighted by molar-refractivity contribution is 0.306. The molecule has 0 saturated carbocycles. The summed E-state index contributed by atoms with van der Waals surface area (Å²) in [5.74, 6) is 1.85. The van der Waals surface area contributed by atoms with Gasteiger partial charge in [-0.2, -0.15) is 12.6 Å². The molecule has 0 aliphatic rings. The number of hydrogen-bond acceptors (Lipinski definition) is 2. The van der Waals surface area contributed by atoms with E-state index in [2.05, 4.69) is 12.6 Å². The number of benzene rings is 1. The fourth-order valence-corrected chi connectivity index (χ4v) is 1.46. The Hall–Kier alpha value is -0.340. The minimum Gasteiger partial charge on any atom is -0.494 e. The van der Waals surface area contributed by atoms with Crippen molar-refractivity contribution < 1.29 is 4.74 Å². The number of ether oxygens (including phenoxy) is 1. The van der Waals surface area contributed by atoms with Crippen LogP contribution in [0.3, 0.4) is 0 Å². The molecule has 0 fully saturated rings. The smallest absolute Gasteiger partial charge is 0.119 e. The van der Waals surface area contributed by atoms with E-state index < -0.39 is 0 Å². The van der Waals surface area contributed by atoms with Gasteiger partial charge in [0.2, 0.25) is 0 Å². The van der Waals surface area contributed by atoms with Gasteiger partial charge in [0.1, 0.15) is 5.75 Å². The van der Waals surface area contributed by atoms with Gasteiger partial charge in [0.15, 0.2) is 0 Å². The third-order valence-electron chi connectivity index (χ3n) is 1.88. The summed E-state index contributed by atoms with van der Waals surface area (Å²) >= 11 is 9.90. The first-order valence-corrected chi connectivity index (χ1v) is 5.83. The molecule has 0 aromatic heterocycles. The summed E-state index contributed by atoms with van der Waals surface area (Å²) in [5, 5.41) is 0.743. The lowest BCUT2D eigenvalue weighted by atomic mass is 10.3. The molecule has 0 unspecified atom stereocenters. The van der Waals surface area contributed by atoms with Crippen LogP contribution in [0.4, 0.5) is 0 Å². The van der Waals surface area contributed by atoms with Crippen molar-refractivity contribution in [2.75, 3.05) is 12.4 Å². The van der Waals surface area contributed by atoms with E-state index in [1.165, 1.54) is 6.42 Å². The van der Waals surface area contributed by atoms with Crippen molar-refractivity contribution in [1.29, 1.82) is 0 Å². The molecule has 14 heavy (non-hydrogen) atoms. The maximum atomic E-state index is 5.75. The van der Waals surface area contributed by atoms with Gasteiger partial charge >= 0.3 is 0 Å². The van der Waals surface area contributed by atoms with Crippen LogP contribution in [0.15, 0.2) is 24.3 Å². The van der Waals surface area contributed by atoms with Gasteiger partial charge < -0.3 is 4.74 Å². The molecular weight excluding hydrogens is 216 g/mol. The first-order valence-electron chi connectivity index (χ1n) is 4.82. The Bertz CT molecular complexity index is 248. The SMILES string of the molecule is SCCCCCOc1ccc(Cl)cc1. The predicted octanol–water partition coefficient (Wildman–Crippen LogP) is 3.82. The Morgan fingerprint density at radius 2 is 1.79 bits per heavy atom. The van der Waals surface area contributed by atoms with Crippen LogP contribution in [-0.2, 0) is 0 Å². The normalized spacial score (nSPS) is 10.1. The van der Waals surface area contributed by atoms with Crippen molar-refractivity contribution in [2.24, 2.45) is 0 Å². The summed E-state index contributed by atoms with van der Waals surface area (Å²) in [5.41, 5.74) is 0. The molecule has 0 bridgehead atoms. The van der Waals surface area contributed by atoms with Crippen LogP contribution in [0.25, 0.3) is 0 Å². The zero-order chi connectivity index (χ0) is 10.2. The molecule has 0 saturated heterocycles. The Kier molecular flexibility index (Phi) is 5.88. The molecule has 0 spiro atoms. The predicted molar refractivity (Wildman–Crippen MR) is 64.7 cm³/mol. The summed E-state index contributed by atoms with van der Waals surface area (Å²) < 4.78 is 5.52. The van der Waals surface area contributed by atoms with E-state index in [0.29, 0.717) is 0 Å². The lowest BCUT2D eigenvalue weighted by Gasteiger charge is -2.05. The first kappa shape index (κ1) is 11.7. The van der Waals surface area contributed by atoms with E-state index in [1.54, 1.807) is 0 Å². The van der Waals surface area contributed by atoms with E-state index in [-0.39, 0.29) is 0 Å². The molecule has 0 aliphatic heterocycles. The number of unbranched alkanes of at least 4 members (excludes halogenated alkanes) is 2. The lowest BCUT2D eigenvalue weighted by Crippen LogP contribution is -1.97. The largest absolute Gasteiger partial charge is 0.494 e. The zero-order valence-corrected chi connectivity index (χ0v) is 9.73. The molecule has 0 heterocycles. The number of thiol groups is 1. The van der Waals surface area contributed by atoms with Gasteiger partial charge in [0.25, 0.3) is 0 Å². The van der Waals surface area contributed by atoms with Crippen LogP contribution in [0.5, 0.6) is 5.75 Å². The maximum Gasteiger partial charge on any atom is 0.119 e. The summed E-state index contributed by atoms with van der Waals surface area (Å²) in [6.45, 7) is 0.773. The second-order valence-electron chi connectivity index (χ2n) is 3.09. The van der Waals surface area contributed by atoms with Crippen molar-refractivity contribution in [3.8, 4) is 5.75 Å². The van der Waals surface area contributed by atoms with Crippen LogP contribution in [0.2, 0.25) is 5.02 Å². The zero-order valence-electron chi connectivity index (χ0n) is 8.08. The summed E-state index contributed by atoms with van der Waals surface area (Å²) in [7, 11) is 0. The fraction of sp³-hybridized carbons (Fsp3) is 0.455. The third kappa shape index (κ3) is 4.77. The van der Waals surface area contributed by atoms with Gasteiger partial charge in [-0.1, -0.05) is 11.6 Å². The average Bonchev–Trinajstić information content (AvgIpc) is 2.21. The van der Waals surface area contributed by atoms with E-state index in [0.717, 1.165) is 36.0 Å². The molecule has 0 N–H and O–H groups in total. The monoisotopic (exact) mass is 230 g/mol. The fourth-order valence-electron chi connectivity index (χ4n) is 1.11. The number of halogens is 1. The standard InChI is InChI=1S/C11H15ClOS/c12-10-4-6-11(7-5-10)13-8-2-1-3-9-14/h4-7,14H,1-3,8-9H2. The maximum absolute atomic E-state index is 5.75. The van der Waals surface area contributed by atoms with Gasteiger partial charge in [-0.15, -0.1) is 0 Å². The highest BCUT2D eigenvalue weighted by Crippen LogP contribution is 2.15. The van der Waals surface area contributed by atoms with Gasteiger partial charge in [-0.25, -0.2) is 0 Å². The number of hydrogen-bond donors (Lipinski definition) is 1. The molecule has 0 radical (unpaired) electrons. The summed E-state index contributed by atoms with van der Waals surface area (Å²) in [6.07, 6.45) is 3.42. The molecule has 0 amide bonds. The molecule has 0 aliphatic carbocycles. The Morgan fingerprint density at radius 3 is 2.43 bits per heavy atom. The minimum atomic E-state index is 0.743. The van der Waals surface area contributed by atoms with Crippen LogP contribution < -0.4 is 4.74 Å². The summed E-state index contributed by atoms with van der Waals surface area (Å²) in [4.78, 5) is 0.